The lowest BCUT2D eigenvalue weighted by atomic mass is 9.85. The number of rotatable bonds is 5. The van der Waals surface area contributed by atoms with Gasteiger partial charge in [0.15, 0.2) is 0 Å². The number of hydrogen-bond donors (Lipinski definition) is 1. The lowest BCUT2D eigenvalue weighted by molar-refractivity contribution is 0.0378. The Labute approximate surface area is 184 Å². The van der Waals surface area contributed by atoms with Crippen molar-refractivity contribution in [3.8, 4) is 0 Å². The minimum absolute atomic E-state index is 0.0975. The van der Waals surface area contributed by atoms with Gasteiger partial charge in [-0.25, -0.2) is 9.59 Å². The summed E-state index contributed by atoms with van der Waals surface area (Å²) in [5.74, 6) is -0.469. The Morgan fingerprint density at radius 1 is 1.29 bits per heavy atom. The molecule has 1 N–H and O–H groups in total. The van der Waals surface area contributed by atoms with Crippen molar-refractivity contribution in [2.24, 2.45) is 5.92 Å². The van der Waals surface area contributed by atoms with Crippen molar-refractivity contribution in [1.82, 2.24) is 0 Å². The number of amides is 1. The Morgan fingerprint density at radius 2 is 2.06 bits per heavy atom. The van der Waals surface area contributed by atoms with E-state index in [1.807, 2.05) is 6.07 Å². The lowest BCUT2D eigenvalue weighted by Crippen LogP contribution is -2.22. The van der Waals surface area contributed by atoms with Crippen molar-refractivity contribution in [1.29, 1.82) is 0 Å². The first kappa shape index (κ1) is 21.3. The van der Waals surface area contributed by atoms with Gasteiger partial charge >= 0.3 is 11.6 Å². The minimum atomic E-state index is -0.713. The third-order valence-electron chi connectivity index (χ3n) is 5.60. The highest BCUT2D eigenvalue weighted by molar-refractivity contribution is 7.17. The van der Waals surface area contributed by atoms with Crippen molar-refractivity contribution < 1.29 is 18.7 Å². The zero-order chi connectivity index (χ0) is 22.1. The fourth-order valence-electron chi connectivity index (χ4n) is 3.97. The van der Waals surface area contributed by atoms with Crippen LogP contribution in [0, 0.1) is 5.92 Å². The standard InChI is InChI=1S/C24H25NO5S/c1-4-14-9-10-16-19(11-14)31-22(20(16)24(28)29-13(2)3)25-21(26)17-12-15-7-5-6-8-18(15)30-23(17)27/h5-8,12-14H,4,9-11H2,1-3H3,(H,25,26)/t14-/m1/s1. The summed E-state index contributed by atoms with van der Waals surface area (Å²) >= 11 is 1.40. The summed E-state index contributed by atoms with van der Waals surface area (Å²) in [5.41, 5.74) is 0.986. The number of thiophene rings is 1. The molecular formula is C24H25NO5S. The molecule has 0 saturated carbocycles. The first-order valence-electron chi connectivity index (χ1n) is 10.6. The Morgan fingerprint density at radius 3 is 2.81 bits per heavy atom. The predicted octanol–water partition coefficient (Wildman–Crippen LogP) is 5.19. The number of carbonyl (C=O) groups excluding carboxylic acids is 2. The van der Waals surface area contributed by atoms with Gasteiger partial charge in [-0.05, 0) is 56.7 Å². The minimum Gasteiger partial charge on any atom is -0.459 e. The van der Waals surface area contributed by atoms with Crippen LogP contribution in [0.15, 0.2) is 39.5 Å². The summed E-state index contributed by atoms with van der Waals surface area (Å²) in [6.07, 6.45) is 3.46. The second kappa shape index (κ2) is 8.67. The van der Waals surface area contributed by atoms with Gasteiger partial charge in [0.2, 0.25) is 0 Å². The van der Waals surface area contributed by atoms with Crippen LogP contribution in [0.4, 0.5) is 5.00 Å². The predicted molar refractivity (Wildman–Crippen MR) is 121 cm³/mol. The van der Waals surface area contributed by atoms with Crippen LogP contribution in [0.2, 0.25) is 0 Å². The summed E-state index contributed by atoms with van der Waals surface area (Å²) < 4.78 is 10.7. The molecule has 1 atom stereocenters. The van der Waals surface area contributed by atoms with Gasteiger partial charge in [0.05, 0.1) is 11.7 Å². The van der Waals surface area contributed by atoms with Gasteiger partial charge in [0.25, 0.3) is 5.91 Å². The molecule has 6 nitrogen and oxygen atoms in total. The largest absolute Gasteiger partial charge is 0.459 e. The van der Waals surface area contributed by atoms with Crippen LogP contribution in [-0.2, 0) is 17.6 Å². The smallest absolute Gasteiger partial charge is 0.349 e. The highest BCUT2D eigenvalue weighted by atomic mass is 32.1. The van der Waals surface area contributed by atoms with E-state index in [-0.39, 0.29) is 11.7 Å². The van der Waals surface area contributed by atoms with Crippen LogP contribution >= 0.6 is 11.3 Å². The second-order valence-corrected chi connectivity index (χ2v) is 9.22. The molecule has 3 aromatic rings. The molecule has 4 rings (SSSR count). The molecule has 7 heteroatoms. The second-order valence-electron chi connectivity index (χ2n) is 8.12. The fourth-order valence-corrected chi connectivity index (χ4v) is 5.32. The quantitative estimate of drug-likeness (QED) is 0.437. The molecule has 0 unspecified atom stereocenters. The molecule has 0 saturated heterocycles. The van der Waals surface area contributed by atoms with Crippen molar-refractivity contribution in [3.63, 3.8) is 0 Å². The highest BCUT2D eigenvalue weighted by Gasteiger charge is 2.30. The van der Waals surface area contributed by atoms with E-state index in [2.05, 4.69) is 12.2 Å². The van der Waals surface area contributed by atoms with Gasteiger partial charge in [-0.3, -0.25) is 4.79 Å². The van der Waals surface area contributed by atoms with E-state index in [4.69, 9.17) is 9.15 Å². The Hall–Kier alpha value is -2.93. The molecule has 2 heterocycles. The van der Waals surface area contributed by atoms with Gasteiger partial charge in [0, 0.05) is 10.3 Å². The van der Waals surface area contributed by atoms with E-state index in [0.29, 0.717) is 27.5 Å². The Kier molecular flexibility index (Phi) is 5.96. The number of hydrogen-bond acceptors (Lipinski definition) is 6. The molecule has 0 bridgehead atoms. The molecule has 1 aliphatic rings. The Bertz CT molecular complexity index is 1210. The van der Waals surface area contributed by atoms with Crippen molar-refractivity contribution >= 4 is 39.2 Å². The number of benzene rings is 1. The summed E-state index contributed by atoms with van der Waals surface area (Å²) in [6, 6.07) is 8.53. The number of esters is 1. The highest BCUT2D eigenvalue weighted by Crippen LogP contribution is 2.41. The van der Waals surface area contributed by atoms with Gasteiger partial charge in [-0.15, -0.1) is 11.3 Å². The van der Waals surface area contributed by atoms with Gasteiger partial charge < -0.3 is 14.5 Å². The molecule has 0 spiro atoms. The van der Waals surface area contributed by atoms with Crippen LogP contribution < -0.4 is 10.9 Å². The number of anilines is 1. The van der Waals surface area contributed by atoms with E-state index in [1.54, 1.807) is 32.0 Å². The average Bonchev–Trinajstić information content (AvgIpc) is 3.09. The maximum absolute atomic E-state index is 13.0. The fraction of sp³-hybridized carbons (Fsp3) is 0.375. The van der Waals surface area contributed by atoms with Crippen molar-refractivity contribution in [3.05, 3.63) is 62.3 Å². The molecule has 0 aliphatic heterocycles. The van der Waals surface area contributed by atoms with Crippen LogP contribution in [-0.4, -0.2) is 18.0 Å². The van der Waals surface area contributed by atoms with Gasteiger partial charge in [-0.1, -0.05) is 31.5 Å². The summed E-state index contributed by atoms with van der Waals surface area (Å²) in [4.78, 5) is 39.4. The van der Waals surface area contributed by atoms with Crippen molar-refractivity contribution in [2.75, 3.05) is 5.32 Å². The van der Waals surface area contributed by atoms with Crippen LogP contribution in [0.1, 0.15) is 64.8 Å². The molecule has 2 aromatic heterocycles. The molecule has 0 fully saturated rings. The molecule has 1 aromatic carbocycles. The zero-order valence-electron chi connectivity index (χ0n) is 17.8. The number of para-hydroxylation sites is 1. The number of fused-ring (bicyclic) bond motifs is 2. The number of carbonyl (C=O) groups is 2. The normalized spacial score (nSPS) is 15.7. The first-order chi connectivity index (χ1) is 14.9. The number of ether oxygens (including phenoxy) is 1. The van der Waals surface area contributed by atoms with E-state index < -0.39 is 17.5 Å². The summed E-state index contributed by atoms with van der Waals surface area (Å²) in [6.45, 7) is 5.75. The van der Waals surface area contributed by atoms with Crippen molar-refractivity contribution in [2.45, 2.75) is 52.6 Å². The zero-order valence-corrected chi connectivity index (χ0v) is 18.6. The van der Waals surface area contributed by atoms with Gasteiger partial charge in [0.1, 0.15) is 16.1 Å². The molecule has 31 heavy (non-hydrogen) atoms. The third kappa shape index (κ3) is 4.28. The maximum atomic E-state index is 13.0. The van der Waals surface area contributed by atoms with E-state index in [9.17, 15) is 14.4 Å². The molecule has 1 aliphatic carbocycles. The van der Waals surface area contributed by atoms with Crippen LogP contribution in [0.25, 0.3) is 11.0 Å². The van der Waals surface area contributed by atoms with Gasteiger partial charge in [-0.2, -0.15) is 0 Å². The monoisotopic (exact) mass is 439 g/mol. The van der Waals surface area contributed by atoms with Crippen LogP contribution in [0.3, 0.4) is 0 Å². The van der Waals surface area contributed by atoms with Crippen LogP contribution in [0.5, 0.6) is 0 Å². The topological polar surface area (TPSA) is 85.6 Å². The molecule has 0 radical (unpaired) electrons. The Balaban J connectivity index is 1.71. The third-order valence-corrected chi connectivity index (χ3v) is 6.77. The van der Waals surface area contributed by atoms with E-state index in [0.717, 1.165) is 36.1 Å². The first-order valence-corrected chi connectivity index (χ1v) is 11.4. The maximum Gasteiger partial charge on any atom is 0.349 e. The summed E-state index contributed by atoms with van der Waals surface area (Å²) in [5, 5.41) is 3.89. The number of nitrogens with one attached hydrogen (secondary N) is 1. The van der Waals surface area contributed by atoms with E-state index in [1.165, 1.54) is 17.4 Å². The SMILES string of the molecule is CC[C@@H]1CCc2c(sc(NC(=O)c3cc4ccccc4oc3=O)c2C(=O)OC(C)C)C1. The summed E-state index contributed by atoms with van der Waals surface area (Å²) in [7, 11) is 0. The average molecular weight is 440 g/mol. The van der Waals surface area contributed by atoms with E-state index >= 15 is 0 Å². The molecule has 1 amide bonds. The molecular weight excluding hydrogens is 414 g/mol. The lowest BCUT2D eigenvalue weighted by Gasteiger charge is -2.21. The molecule has 162 valence electrons.